The number of likely N-dealkylation sites (tertiary alicyclic amines) is 1. The van der Waals surface area contributed by atoms with Crippen LogP contribution in [0.4, 0.5) is 0 Å². The molecule has 0 saturated carbocycles. The van der Waals surface area contributed by atoms with Gasteiger partial charge in [-0.25, -0.2) is 0 Å². The zero-order valence-electron chi connectivity index (χ0n) is 19.5. The molecule has 0 bridgehead atoms. The van der Waals surface area contributed by atoms with E-state index in [4.69, 9.17) is 4.74 Å². The molecule has 4 rings (SSSR count). The molecule has 0 unspecified atom stereocenters. The minimum atomic E-state index is -0.152. The molecular weight excluding hydrogens is 414 g/mol. The Morgan fingerprint density at radius 1 is 1.09 bits per heavy atom. The van der Waals surface area contributed by atoms with Crippen LogP contribution in [0, 0.1) is 12.8 Å². The molecule has 2 aromatic carbocycles. The third kappa shape index (κ3) is 5.82. The van der Waals surface area contributed by atoms with Gasteiger partial charge in [0.15, 0.2) is 6.61 Å². The summed E-state index contributed by atoms with van der Waals surface area (Å²) in [5, 5.41) is 3.85. The molecule has 1 aromatic heterocycles. The summed E-state index contributed by atoms with van der Waals surface area (Å²) >= 11 is 0. The first kappa shape index (κ1) is 23.1. The van der Waals surface area contributed by atoms with Gasteiger partial charge in [0.25, 0.3) is 11.5 Å². The van der Waals surface area contributed by atoms with Crippen molar-refractivity contribution in [1.29, 1.82) is 0 Å². The Morgan fingerprint density at radius 3 is 2.64 bits per heavy atom. The van der Waals surface area contributed by atoms with Gasteiger partial charge < -0.3 is 14.6 Å². The Labute approximate surface area is 195 Å². The number of pyridine rings is 1. The van der Waals surface area contributed by atoms with E-state index in [0.29, 0.717) is 24.8 Å². The fraction of sp³-hybridized carbons (Fsp3) is 0.407. The van der Waals surface area contributed by atoms with Crippen LogP contribution in [0.3, 0.4) is 0 Å². The van der Waals surface area contributed by atoms with Crippen LogP contribution in [0.1, 0.15) is 30.9 Å². The molecule has 0 spiro atoms. The van der Waals surface area contributed by atoms with Crippen LogP contribution in [0.15, 0.2) is 59.4 Å². The Hall–Kier alpha value is -3.12. The van der Waals surface area contributed by atoms with Crippen LogP contribution in [0.5, 0.6) is 5.75 Å². The van der Waals surface area contributed by atoms with E-state index in [2.05, 4.69) is 41.4 Å². The van der Waals surface area contributed by atoms with Crippen molar-refractivity contribution in [3.05, 3.63) is 76.1 Å². The number of para-hydroxylation sites is 1. The van der Waals surface area contributed by atoms with E-state index < -0.39 is 0 Å². The number of fused-ring (bicyclic) bond motifs is 1. The number of nitrogens with zero attached hydrogens (tertiary/aromatic N) is 2. The second-order valence-electron chi connectivity index (χ2n) is 8.91. The van der Waals surface area contributed by atoms with Crippen LogP contribution in [0.2, 0.25) is 0 Å². The highest BCUT2D eigenvalue weighted by Crippen LogP contribution is 2.23. The lowest BCUT2D eigenvalue weighted by Gasteiger charge is -2.32. The first-order chi connectivity index (χ1) is 16.0. The summed E-state index contributed by atoms with van der Waals surface area (Å²) in [7, 11) is 0. The largest absolute Gasteiger partial charge is 0.483 e. The van der Waals surface area contributed by atoms with E-state index in [1.165, 1.54) is 17.2 Å². The second-order valence-corrected chi connectivity index (χ2v) is 8.91. The first-order valence-electron chi connectivity index (χ1n) is 11.8. The van der Waals surface area contributed by atoms with Crippen LogP contribution < -0.4 is 15.6 Å². The highest BCUT2D eigenvalue weighted by atomic mass is 16.5. The van der Waals surface area contributed by atoms with Crippen molar-refractivity contribution >= 4 is 16.8 Å². The zero-order chi connectivity index (χ0) is 23.2. The lowest BCUT2D eigenvalue weighted by atomic mass is 9.96. The maximum atomic E-state index is 12.4. The van der Waals surface area contributed by atoms with Crippen molar-refractivity contribution in [2.24, 2.45) is 5.92 Å². The van der Waals surface area contributed by atoms with Gasteiger partial charge in [0.1, 0.15) is 5.75 Å². The van der Waals surface area contributed by atoms with Crippen molar-refractivity contribution < 1.29 is 9.53 Å². The summed E-state index contributed by atoms with van der Waals surface area (Å²) < 4.78 is 7.46. The number of hydrogen-bond acceptors (Lipinski definition) is 4. The highest BCUT2D eigenvalue weighted by molar-refractivity contribution is 5.86. The minimum absolute atomic E-state index is 0.0915. The summed E-state index contributed by atoms with van der Waals surface area (Å²) in [6.07, 6.45) is 2.15. The predicted molar refractivity (Wildman–Crippen MR) is 132 cm³/mol. The molecule has 0 aliphatic carbocycles. The third-order valence-electron chi connectivity index (χ3n) is 6.44. The predicted octanol–water partition coefficient (Wildman–Crippen LogP) is 3.74. The molecule has 1 aliphatic rings. The van der Waals surface area contributed by atoms with Crippen molar-refractivity contribution in [1.82, 2.24) is 14.8 Å². The van der Waals surface area contributed by atoms with Gasteiger partial charge in [0.05, 0.1) is 5.52 Å². The number of carbonyl (C=O) groups is 1. The summed E-state index contributed by atoms with van der Waals surface area (Å²) in [4.78, 5) is 27.3. The molecule has 174 valence electrons. The molecule has 2 heterocycles. The molecule has 1 aliphatic heterocycles. The number of rotatable bonds is 8. The Balaban J connectivity index is 1.24. The van der Waals surface area contributed by atoms with Gasteiger partial charge in [-0.05, 0) is 63.4 Å². The number of amides is 1. The number of ether oxygens (including phenoxy) is 1. The number of hydrogen-bond donors (Lipinski definition) is 1. The van der Waals surface area contributed by atoms with Crippen LogP contribution in [0.25, 0.3) is 10.9 Å². The lowest BCUT2D eigenvalue weighted by molar-refractivity contribution is -0.123. The van der Waals surface area contributed by atoms with E-state index in [1.807, 2.05) is 31.2 Å². The van der Waals surface area contributed by atoms with E-state index in [9.17, 15) is 9.59 Å². The SMILES string of the molecule is CCn1c(=O)cc(OCC(=O)NCC2CCN(Cc3cccc(C)c3)CC2)c2ccccc21. The Kier molecular flexibility index (Phi) is 7.45. The first-order valence-corrected chi connectivity index (χ1v) is 11.8. The zero-order valence-corrected chi connectivity index (χ0v) is 19.5. The minimum Gasteiger partial charge on any atom is -0.483 e. The van der Waals surface area contributed by atoms with E-state index in [-0.39, 0.29) is 18.1 Å². The maximum Gasteiger partial charge on any atom is 0.257 e. The van der Waals surface area contributed by atoms with Gasteiger partial charge in [-0.2, -0.15) is 0 Å². The summed E-state index contributed by atoms with van der Waals surface area (Å²) in [6, 6.07) is 17.8. The third-order valence-corrected chi connectivity index (χ3v) is 6.44. The second kappa shape index (κ2) is 10.7. The summed E-state index contributed by atoms with van der Waals surface area (Å²) in [6.45, 7) is 8.31. The molecule has 3 aromatic rings. The summed E-state index contributed by atoms with van der Waals surface area (Å²) in [5.41, 5.74) is 3.36. The molecule has 1 amide bonds. The fourth-order valence-corrected chi connectivity index (χ4v) is 4.62. The molecule has 6 heteroatoms. The van der Waals surface area contributed by atoms with E-state index in [1.54, 1.807) is 4.57 Å². The van der Waals surface area contributed by atoms with Gasteiger partial charge in [-0.1, -0.05) is 42.0 Å². The average Bonchev–Trinajstić information content (AvgIpc) is 2.82. The van der Waals surface area contributed by atoms with Crippen molar-refractivity contribution in [2.45, 2.75) is 39.8 Å². The maximum absolute atomic E-state index is 12.4. The quantitative estimate of drug-likeness (QED) is 0.571. The fourth-order valence-electron chi connectivity index (χ4n) is 4.62. The molecule has 0 radical (unpaired) electrons. The molecule has 1 N–H and O–H groups in total. The summed E-state index contributed by atoms with van der Waals surface area (Å²) in [5.74, 6) is 0.790. The molecule has 33 heavy (non-hydrogen) atoms. The van der Waals surface area contributed by atoms with Crippen LogP contribution in [-0.4, -0.2) is 41.6 Å². The number of nitrogens with one attached hydrogen (secondary N) is 1. The molecule has 6 nitrogen and oxygen atoms in total. The molecule has 1 fully saturated rings. The Bertz CT molecular complexity index is 1160. The highest BCUT2D eigenvalue weighted by Gasteiger charge is 2.20. The normalized spacial score (nSPS) is 15.0. The van der Waals surface area contributed by atoms with Crippen LogP contribution >= 0.6 is 0 Å². The number of aryl methyl sites for hydroxylation is 2. The Morgan fingerprint density at radius 2 is 1.88 bits per heavy atom. The monoisotopic (exact) mass is 447 g/mol. The number of carbonyl (C=O) groups excluding carboxylic acids is 1. The average molecular weight is 448 g/mol. The van der Waals surface area contributed by atoms with Gasteiger partial charge in [0, 0.05) is 31.1 Å². The molecular formula is C27H33N3O3. The van der Waals surface area contributed by atoms with Crippen LogP contribution in [-0.2, 0) is 17.9 Å². The number of aromatic nitrogens is 1. The van der Waals surface area contributed by atoms with E-state index in [0.717, 1.165) is 43.4 Å². The topological polar surface area (TPSA) is 63.6 Å². The van der Waals surface area contributed by atoms with Crippen molar-refractivity contribution in [2.75, 3.05) is 26.2 Å². The van der Waals surface area contributed by atoms with Crippen molar-refractivity contribution in [3.8, 4) is 5.75 Å². The number of benzene rings is 2. The van der Waals surface area contributed by atoms with Crippen molar-refractivity contribution in [3.63, 3.8) is 0 Å². The molecule has 0 atom stereocenters. The number of piperidine rings is 1. The van der Waals surface area contributed by atoms with Gasteiger partial charge >= 0.3 is 0 Å². The smallest absolute Gasteiger partial charge is 0.257 e. The molecule has 1 saturated heterocycles. The van der Waals surface area contributed by atoms with Gasteiger partial charge in [-0.15, -0.1) is 0 Å². The van der Waals surface area contributed by atoms with Gasteiger partial charge in [0.2, 0.25) is 0 Å². The lowest BCUT2D eigenvalue weighted by Crippen LogP contribution is -2.39. The standard InChI is InChI=1S/C27H33N3O3/c1-3-30-24-10-5-4-9-23(24)25(16-27(30)32)33-19-26(31)28-17-21-11-13-29(14-12-21)18-22-8-6-7-20(2)15-22/h4-10,15-16,21H,3,11-14,17-19H2,1-2H3,(H,28,31). The van der Waals surface area contributed by atoms with E-state index >= 15 is 0 Å². The van der Waals surface area contributed by atoms with Gasteiger partial charge in [-0.3, -0.25) is 14.5 Å².